The van der Waals surface area contributed by atoms with Crippen molar-refractivity contribution >= 4 is 17.1 Å². The molecule has 10 nitrogen and oxygen atoms in total. The summed E-state index contributed by atoms with van der Waals surface area (Å²) in [5.74, 6) is 0. The molecule has 10 heteroatoms. The van der Waals surface area contributed by atoms with E-state index in [0.29, 0.717) is 0 Å². The van der Waals surface area contributed by atoms with Crippen LogP contribution in [0.25, 0.3) is 0 Å². The lowest BCUT2D eigenvalue weighted by Crippen LogP contribution is -2.51. The molecule has 2 unspecified atom stereocenters. The van der Waals surface area contributed by atoms with Crippen LogP contribution in [0.5, 0.6) is 0 Å². The summed E-state index contributed by atoms with van der Waals surface area (Å²) in [5.41, 5.74) is 20.4. The molecule has 2 atom stereocenters. The molecule has 2 rings (SSSR count). The Hall–Kier alpha value is -3.14. The van der Waals surface area contributed by atoms with E-state index in [1.165, 1.54) is 24.3 Å². The van der Waals surface area contributed by atoms with E-state index in [4.69, 9.17) is 22.9 Å². The van der Waals surface area contributed by atoms with Crippen LogP contribution in [-0.2, 0) is 5.54 Å². The van der Waals surface area contributed by atoms with Crippen LogP contribution in [0.2, 0.25) is 0 Å². The van der Waals surface area contributed by atoms with Crippen molar-refractivity contribution in [3.8, 4) is 0 Å². The minimum Gasteiger partial charge on any atom is -0.399 e. The van der Waals surface area contributed by atoms with E-state index in [1.807, 2.05) is 0 Å². The lowest BCUT2D eigenvalue weighted by molar-refractivity contribution is -0.519. The molecule has 1 aromatic carbocycles. The predicted octanol–water partition coefficient (Wildman–Crippen LogP) is -0.0291. The maximum atomic E-state index is 11.3. The predicted molar refractivity (Wildman–Crippen MR) is 80.0 cm³/mol. The number of nitrogen functional groups attached to an aromatic ring is 2. The second-order valence-corrected chi connectivity index (χ2v) is 4.89. The first kappa shape index (κ1) is 15.3. The number of rotatable bonds is 3. The van der Waals surface area contributed by atoms with Crippen molar-refractivity contribution in [2.45, 2.75) is 11.6 Å². The molecule has 8 N–H and O–H groups in total. The highest BCUT2D eigenvalue weighted by Gasteiger charge is 2.49. The van der Waals surface area contributed by atoms with Crippen molar-refractivity contribution in [1.82, 2.24) is 0 Å². The maximum absolute atomic E-state index is 11.3. The number of benzene rings is 1. The lowest BCUT2D eigenvalue weighted by Gasteiger charge is -2.31. The number of nitrogens with zero attached hydrogens (tertiary/aromatic N) is 2. The Kier molecular flexibility index (Phi) is 3.47. The topological polar surface area (TPSA) is 190 Å². The molecule has 0 aliphatic heterocycles. The Morgan fingerprint density at radius 2 is 1.68 bits per heavy atom. The molecule has 0 fully saturated rings. The van der Waals surface area contributed by atoms with E-state index >= 15 is 0 Å². The molecule has 1 aromatic rings. The Morgan fingerprint density at radius 3 is 2.23 bits per heavy atom. The molecule has 0 saturated heterocycles. The van der Waals surface area contributed by atoms with Gasteiger partial charge in [0.1, 0.15) is 11.2 Å². The molecule has 22 heavy (non-hydrogen) atoms. The third kappa shape index (κ3) is 2.20. The Morgan fingerprint density at radius 1 is 1.09 bits per heavy atom. The summed E-state index contributed by atoms with van der Waals surface area (Å²) in [5, 5.41) is 22.6. The van der Waals surface area contributed by atoms with Crippen molar-refractivity contribution < 1.29 is 9.85 Å². The quantitative estimate of drug-likeness (QED) is 0.339. The van der Waals surface area contributed by atoms with Crippen LogP contribution in [-0.4, -0.2) is 15.9 Å². The van der Waals surface area contributed by atoms with Gasteiger partial charge < -0.3 is 22.9 Å². The van der Waals surface area contributed by atoms with Crippen LogP contribution >= 0.6 is 0 Å². The molecule has 0 heterocycles. The lowest BCUT2D eigenvalue weighted by atomic mass is 9.78. The average Bonchev–Trinajstić information content (AvgIpc) is 2.43. The summed E-state index contributed by atoms with van der Waals surface area (Å²) in [6, 6.07) is 1.05. The first-order chi connectivity index (χ1) is 10.2. The number of nitro groups is 2. The molecule has 0 bridgehead atoms. The summed E-state index contributed by atoms with van der Waals surface area (Å²) in [4.78, 5) is 21.2. The van der Waals surface area contributed by atoms with Gasteiger partial charge in [-0.1, -0.05) is 6.08 Å². The van der Waals surface area contributed by atoms with Crippen molar-refractivity contribution in [2.24, 2.45) is 11.5 Å². The highest BCUT2D eigenvalue weighted by Crippen LogP contribution is 2.42. The van der Waals surface area contributed by atoms with Gasteiger partial charge in [-0.25, -0.2) is 0 Å². The Labute approximate surface area is 124 Å². The minimum absolute atomic E-state index is 0.0613. The van der Waals surface area contributed by atoms with Crippen LogP contribution in [0.4, 0.5) is 17.1 Å². The molecule has 0 aromatic heterocycles. The van der Waals surface area contributed by atoms with Gasteiger partial charge in [0.25, 0.3) is 11.7 Å². The smallest absolute Gasteiger partial charge is 0.299 e. The zero-order valence-corrected chi connectivity index (χ0v) is 11.3. The number of nitrogens with two attached hydrogens (primary N) is 4. The number of hydrogen-bond acceptors (Lipinski definition) is 8. The van der Waals surface area contributed by atoms with Crippen molar-refractivity contribution in [1.29, 1.82) is 0 Å². The summed E-state index contributed by atoms with van der Waals surface area (Å²) in [7, 11) is 0. The van der Waals surface area contributed by atoms with Gasteiger partial charge in [-0.3, -0.25) is 20.2 Å². The SMILES string of the molecule is NC1=CC([N+](=O)[O-])C(N)(c2c(N)ccc(N)c2[N+](=O)[O-])C=C1. The summed E-state index contributed by atoms with van der Waals surface area (Å²) < 4.78 is 0. The van der Waals surface area contributed by atoms with E-state index < -0.39 is 27.1 Å². The number of allylic oxidation sites excluding steroid dienone is 1. The molecule has 1 aliphatic carbocycles. The van der Waals surface area contributed by atoms with Gasteiger partial charge >= 0.3 is 0 Å². The number of nitro benzene ring substituents is 1. The molecule has 0 spiro atoms. The third-order valence-corrected chi connectivity index (χ3v) is 3.48. The van der Waals surface area contributed by atoms with Gasteiger partial charge in [0.05, 0.1) is 10.5 Å². The van der Waals surface area contributed by atoms with E-state index in [9.17, 15) is 20.2 Å². The highest BCUT2D eigenvalue weighted by molar-refractivity contribution is 5.74. The molecule has 1 aliphatic rings. The zero-order chi connectivity index (χ0) is 16.7. The third-order valence-electron chi connectivity index (χ3n) is 3.48. The van der Waals surface area contributed by atoms with Crippen molar-refractivity contribution in [3.05, 3.63) is 61.8 Å². The van der Waals surface area contributed by atoms with Crippen LogP contribution in [0.3, 0.4) is 0 Å². The van der Waals surface area contributed by atoms with Gasteiger partial charge in [-0.15, -0.1) is 0 Å². The second kappa shape index (κ2) is 5.00. The largest absolute Gasteiger partial charge is 0.399 e. The maximum Gasteiger partial charge on any atom is 0.299 e. The second-order valence-electron chi connectivity index (χ2n) is 4.89. The molecule has 0 radical (unpaired) electrons. The molecular weight excluding hydrogens is 292 g/mol. The molecule has 0 amide bonds. The van der Waals surface area contributed by atoms with E-state index in [2.05, 4.69) is 0 Å². The van der Waals surface area contributed by atoms with Crippen LogP contribution < -0.4 is 22.9 Å². The zero-order valence-electron chi connectivity index (χ0n) is 11.3. The Balaban J connectivity index is 2.79. The molecular formula is C12H14N6O4. The highest BCUT2D eigenvalue weighted by atomic mass is 16.6. The van der Waals surface area contributed by atoms with Gasteiger partial charge in [-0.2, -0.15) is 0 Å². The number of hydrogen-bond donors (Lipinski definition) is 4. The summed E-state index contributed by atoms with van der Waals surface area (Å²) in [6.45, 7) is 0. The normalized spacial score (nSPS) is 23.9. The van der Waals surface area contributed by atoms with Crippen LogP contribution in [0, 0.1) is 20.2 Å². The Bertz CT molecular complexity index is 729. The van der Waals surface area contributed by atoms with Crippen LogP contribution in [0.1, 0.15) is 5.56 Å². The van der Waals surface area contributed by atoms with Crippen molar-refractivity contribution in [2.75, 3.05) is 11.5 Å². The minimum atomic E-state index is -1.84. The van der Waals surface area contributed by atoms with Crippen LogP contribution in [0.15, 0.2) is 36.1 Å². The summed E-state index contributed by atoms with van der Waals surface area (Å²) >= 11 is 0. The van der Waals surface area contributed by atoms with Gasteiger partial charge in [0.15, 0.2) is 0 Å². The first-order valence-corrected chi connectivity index (χ1v) is 6.10. The average molecular weight is 306 g/mol. The van der Waals surface area contributed by atoms with Gasteiger partial charge in [-0.05, 0) is 18.2 Å². The molecule has 0 saturated carbocycles. The number of anilines is 2. The van der Waals surface area contributed by atoms with Gasteiger partial charge in [0.2, 0.25) is 0 Å². The first-order valence-electron chi connectivity index (χ1n) is 6.10. The fraction of sp³-hybridized carbons (Fsp3) is 0.167. The van der Waals surface area contributed by atoms with E-state index in [1.54, 1.807) is 0 Å². The fourth-order valence-corrected chi connectivity index (χ4v) is 2.45. The fourth-order valence-electron chi connectivity index (χ4n) is 2.45. The van der Waals surface area contributed by atoms with E-state index in [0.717, 1.165) is 6.08 Å². The standard InChI is InChI=1S/C12H14N6O4/c13-6-3-4-12(16,9(5-6)17(19)20)10-7(14)1-2-8(15)11(10)18(21)22/h1-5,9H,13-16H2. The summed E-state index contributed by atoms with van der Waals surface area (Å²) in [6.07, 6.45) is 3.69. The van der Waals surface area contributed by atoms with E-state index in [-0.39, 0.29) is 22.6 Å². The van der Waals surface area contributed by atoms with Gasteiger partial charge in [0, 0.05) is 22.4 Å². The molecule has 116 valence electrons. The van der Waals surface area contributed by atoms with Crippen molar-refractivity contribution in [3.63, 3.8) is 0 Å². The monoisotopic (exact) mass is 306 g/mol.